The van der Waals surface area contributed by atoms with Crippen molar-refractivity contribution in [2.24, 2.45) is 0 Å². The van der Waals surface area contributed by atoms with Crippen LogP contribution in [0.4, 0.5) is 0 Å². The number of rotatable bonds is 2. The predicted octanol–water partition coefficient (Wildman–Crippen LogP) is -0.233. The van der Waals surface area contributed by atoms with Crippen LogP contribution in [-0.4, -0.2) is 45.5 Å². The maximum atomic E-state index is 12.6. The van der Waals surface area contributed by atoms with Gasteiger partial charge in [0.1, 0.15) is 6.33 Å². The lowest BCUT2D eigenvalue weighted by Gasteiger charge is -2.52. The van der Waals surface area contributed by atoms with Crippen LogP contribution < -0.4 is 10.6 Å². The Kier molecular flexibility index (Phi) is 2.57. The lowest BCUT2D eigenvalue weighted by molar-refractivity contribution is 0.0524. The molecule has 2 aliphatic rings. The number of Topliss-reactive ketones (excluding diaryl/α,β-unsaturated/α-hetero) is 1. The van der Waals surface area contributed by atoms with Crippen molar-refractivity contribution in [2.75, 3.05) is 13.1 Å². The second kappa shape index (κ2) is 4.00. The number of nitrogens with one attached hydrogen (secondary N) is 2. The molecular formula is C12H16N4O2. The molecule has 1 saturated heterocycles. The molecule has 0 radical (unpaired) electrons. The third-order valence-electron chi connectivity index (χ3n) is 4.00. The van der Waals surface area contributed by atoms with Crippen LogP contribution in [0, 0.1) is 6.92 Å². The van der Waals surface area contributed by atoms with Crippen LogP contribution in [-0.2, 0) is 0 Å². The summed E-state index contributed by atoms with van der Waals surface area (Å²) in [7, 11) is 0. The zero-order valence-electron chi connectivity index (χ0n) is 10.2. The van der Waals surface area contributed by atoms with E-state index in [1.54, 1.807) is 6.92 Å². The molecule has 3 rings (SSSR count). The topological polar surface area (TPSA) is 87.1 Å². The van der Waals surface area contributed by atoms with Gasteiger partial charge in [-0.2, -0.15) is 0 Å². The fraction of sp³-hybridized carbons (Fsp3) is 0.583. The first-order chi connectivity index (χ1) is 8.65. The van der Waals surface area contributed by atoms with Gasteiger partial charge in [0.15, 0.2) is 11.4 Å². The average molecular weight is 248 g/mol. The van der Waals surface area contributed by atoms with E-state index < -0.39 is 5.54 Å². The largest absolute Gasteiger partial charge is 0.504 e. The number of fused-ring (bicyclic) bond motifs is 1. The molecule has 6 nitrogen and oxygen atoms in total. The molecule has 3 N–H and O–H groups in total. The van der Waals surface area contributed by atoms with E-state index in [0.29, 0.717) is 5.69 Å². The van der Waals surface area contributed by atoms with Crippen LogP contribution in [0.1, 0.15) is 29.0 Å². The Hall–Kier alpha value is -1.53. The number of carbonyl (C=O) groups is 1. The summed E-state index contributed by atoms with van der Waals surface area (Å²) in [4.78, 5) is 20.4. The Morgan fingerprint density at radius 3 is 3.00 bits per heavy atom. The van der Waals surface area contributed by atoms with Gasteiger partial charge in [-0.25, -0.2) is 9.97 Å². The first-order valence-electron chi connectivity index (χ1n) is 6.19. The van der Waals surface area contributed by atoms with Crippen LogP contribution in [0.3, 0.4) is 0 Å². The minimum atomic E-state index is -0.587. The maximum absolute atomic E-state index is 12.6. The quantitative estimate of drug-likeness (QED) is 0.627. The fourth-order valence-corrected chi connectivity index (χ4v) is 2.79. The predicted molar refractivity (Wildman–Crippen MR) is 64.5 cm³/mol. The molecular weight excluding hydrogens is 232 g/mol. The zero-order chi connectivity index (χ0) is 12.8. The molecule has 0 spiro atoms. The summed E-state index contributed by atoms with van der Waals surface area (Å²) in [5.74, 6) is -0.233. The molecule has 0 aromatic carbocycles. The van der Waals surface area contributed by atoms with Crippen molar-refractivity contribution in [1.29, 1.82) is 0 Å². The third kappa shape index (κ3) is 1.46. The van der Waals surface area contributed by atoms with Gasteiger partial charge in [0.25, 0.3) is 0 Å². The maximum Gasteiger partial charge on any atom is 0.206 e. The number of aromatic hydroxyl groups is 1. The lowest BCUT2D eigenvalue weighted by atomic mass is 9.67. The Labute approximate surface area is 105 Å². The number of nitrogens with zero attached hydrogens (tertiary/aromatic N) is 2. The number of hydrogen-bond acceptors (Lipinski definition) is 6. The van der Waals surface area contributed by atoms with E-state index >= 15 is 0 Å². The molecule has 0 bridgehead atoms. The van der Waals surface area contributed by atoms with E-state index in [2.05, 4.69) is 20.6 Å². The highest BCUT2D eigenvalue weighted by Crippen LogP contribution is 2.38. The number of carbonyl (C=O) groups excluding carboxylic acids is 1. The minimum Gasteiger partial charge on any atom is -0.504 e. The van der Waals surface area contributed by atoms with Crippen LogP contribution in [0.15, 0.2) is 6.33 Å². The molecule has 2 unspecified atom stereocenters. The third-order valence-corrected chi connectivity index (χ3v) is 4.00. The van der Waals surface area contributed by atoms with E-state index in [4.69, 9.17) is 0 Å². The lowest BCUT2D eigenvalue weighted by Crippen LogP contribution is -2.75. The van der Waals surface area contributed by atoms with Crippen molar-refractivity contribution in [3.63, 3.8) is 0 Å². The summed E-state index contributed by atoms with van der Waals surface area (Å²) in [6.07, 6.45) is 3.08. The molecule has 2 atom stereocenters. The van der Waals surface area contributed by atoms with Crippen LogP contribution in [0.2, 0.25) is 0 Å². The summed E-state index contributed by atoms with van der Waals surface area (Å²) in [5, 5.41) is 16.6. The smallest absolute Gasteiger partial charge is 0.206 e. The highest BCUT2D eigenvalue weighted by atomic mass is 16.3. The summed E-state index contributed by atoms with van der Waals surface area (Å²) in [6.45, 7) is 3.29. The van der Waals surface area contributed by atoms with Gasteiger partial charge in [0.2, 0.25) is 5.78 Å². The van der Waals surface area contributed by atoms with Crippen molar-refractivity contribution in [3.8, 4) is 5.75 Å². The molecule has 1 aliphatic carbocycles. The normalized spacial score (nSPS) is 30.4. The highest BCUT2D eigenvalue weighted by Gasteiger charge is 2.54. The summed E-state index contributed by atoms with van der Waals surface area (Å²) >= 11 is 0. The minimum absolute atomic E-state index is 0.102. The van der Waals surface area contributed by atoms with Crippen LogP contribution in [0.25, 0.3) is 0 Å². The molecule has 18 heavy (non-hydrogen) atoms. The Bertz CT molecular complexity index is 505. The molecule has 0 amide bonds. The fourth-order valence-electron chi connectivity index (χ4n) is 2.79. The molecule has 1 aliphatic heterocycles. The van der Waals surface area contributed by atoms with Crippen molar-refractivity contribution in [3.05, 3.63) is 17.7 Å². The van der Waals surface area contributed by atoms with E-state index in [-0.39, 0.29) is 23.3 Å². The molecule has 96 valence electrons. The Morgan fingerprint density at radius 1 is 1.50 bits per heavy atom. The summed E-state index contributed by atoms with van der Waals surface area (Å²) in [6, 6.07) is 0.147. The van der Waals surface area contributed by atoms with Gasteiger partial charge in [0.05, 0.1) is 11.2 Å². The average Bonchev–Trinajstić information content (AvgIpc) is 2.34. The molecule has 6 heteroatoms. The van der Waals surface area contributed by atoms with Crippen molar-refractivity contribution >= 4 is 5.78 Å². The molecule has 1 saturated carbocycles. The van der Waals surface area contributed by atoms with Gasteiger partial charge in [0, 0.05) is 19.1 Å². The number of ketones is 1. The van der Waals surface area contributed by atoms with Gasteiger partial charge < -0.3 is 15.7 Å². The van der Waals surface area contributed by atoms with E-state index in [1.165, 1.54) is 6.33 Å². The number of hydrogen-bond donors (Lipinski definition) is 3. The second-order valence-corrected chi connectivity index (χ2v) is 4.93. The van der Waals surface area contributed by atoms with Crippen LogP contribution in [0.5, 0.6) is 5.75 Å². The van der Waals surface area contributed by atoms with Crippen LogP contribution >= 0.6 is 0 Å². The zero-order valence-corrected chi connectivity index (χ0v) is 10.2. The molecule has 2 fully saturated rings. The van der Waals surface area contributed by atoms with E-state index in [1.807, 2.05) is 0 Å². The first-order valence-corrected chi connectivity index (χ1v) is 6.19. The summed E-state index contributed by atoms with van der Waals surface area (Å²) in [5.41, 5.74) is -0.0240. The molecule has 1 aromatic heterocycles. The summed E-state index contributed by atoms with van der Waals surface area (Å²) < 4.78 is 0. The highest BCUT2D eigenvalue weighted by molar-refractivity contribution is 6.05. The molecule has 2 heterocycles. The van der Waals surface area contributed by atoms with E-state index in [9.17, 15) is 9.90 Å². The monoisotopic (exact) mass is 248 g/mol. The van der Waals surface area contributed by atoms with Gasteiger partial charge in [-0.3, -0.25) is 4.79 Å². The molecule has 1 aromatic rings. The second-order valence-electron chi connectivity index (χ2n) is 4.93. The number of piperazine rings is 1. The van der Waals surface area contributed by atoms with Gasteiger partial charge in [-0.05, 0) is 19.8 Å². The van der Waals surface area contributed by atoms with Gasteiger partial charge >= 0.3 is 0 Å². The van der Waals surface area contributed by atoms with Crippen molar-refractivity contribution < 1.29 is 9.90 Å². The standard InChI is InChI=1S/C12H16N4O2/c1-7-10(17)9(15-6-14-7)11(18)12-3-2-8(12)13-4-5-16-12/h6,8,13,16-17H,2-5H2,1H3. The number of aryl methyl sites for hydroxylation is 1. The Balaban J connectivity index is 1.97. The number of aromatic nitrogens is 2. The van der Waals surface area contributed by atoms with Gasteiger partial charge in [-0.15, -0.1) is 0 Å². The van der Waals surface area contributed by atoms with Crippen molar-refractivity contribution in [1.82, 2.24) is 20.6 Å². The van der Waals surface area contributed by atoms with Gasteiger partial charge in [-0.1, -0.05) is 0 Å². The first kappa shape index (κ1) is 11.6. The van der Waals surface area contributed by atoms with Crippen molar-refractivity contribution in [2.45, 2.75) is 31.3 Å². The van der Waals surface area contributed by atoms with E-state index in [0.717, 1.165) is 25.9 Å². The SMILES string of the molecule is Cc1ncnc(C(=O)C23CCC2NCCN3)c1O. The Morgan fingerprint density at radius 2 is 2.33 bits per heavy atom.